The Morgan fingerprint density at radius 1 is 1.32 bits per heavy atom. The fourth-order valence-electron chi connectivity index (χ4n) is 1.78. The number of aromatic nitrogens is 1. The highest BCUT2D eigenvalue weighted by Crippen LogP contribution is 2.24. The van der Waals surface area contributed by atoms with Crippen molar-refractivity contribution >= 4 is 23.0 Å². The van der Waals surface area contributed by atoms with E-state index < -0.39 is 4.92 Å². The second kappa shape index (κ2) is 5.34. The van der Waals surface area contributed by atoms with E-state index in [2.05, 4.69) is 17.2 Å². The minimum Gasteiger partial charge on any atom is -0.378 e. The summed E-state index contributed by atoms with van der Waals surface area (Å²) >= 11 is 0. The van der Waals surface area contributed by atoms with Crippen LogP contribution in [0.3, 0.4) is 0 Å². The lowest BCUT2D eigenvalue weighted by Gasteiger charge is -2.10. The Labute approximate surface area is 110 Å². The minimum absolute atomic E-state index is 0.0935. The second-order valence-corrected chi connectivity index (χ2v) is 3.99. The highest BCUT2D eigenvalue weighted by Gasteiger charge is 2.13. The SMILES string of the molecule is CCc1ccccc1Nc1ccc([N+](=O)[O-])c(N)n1. The molecule has 0 radical (unpaired) electrons. The lowest BCUT2D eigenvalue weighted by molar-refractivity contribution is -0.384. The molecule has 0 bridgehead atoms. The van der Waals surface area contributed by atoms with Gasteiger partial charge in [0.2, 0.25) is 5.82 Å². The molecule has 6 heteroatoms. The van der Waals surface area contributed by atoms with Crippen LogP contribution in [-0.2, 0) is 6.42 Å². The monoisotopic (exact) mass is 258 g/mol. The molecule has 1 aromatic carbocycles. The number of nitrogens with two attached hydrogens (primary N) is 1. The van der Waals surface area contributed by atoms with Gasteiger partial charge < -0.3 is 11.1 Å². The quantitative estimate of drug-likeness (QED) is 0.649. The van der Waals surface area contributed by atoms with E-state index in [-0.39, 0.29) is 11.5 Å². The maximum atomic E-state index is 10.7. The van der Waals surface area contributed by atoms with Crippen molar-refractivity contribution in [1.29, 1.82) is 0 Å². The molecule has 3 N–H and O–H groups in total. The molecule has 0 fully saturated rings. The van der Waals surface area contributed by atoms with Gasteiger partial charge in [0, 0.05) is 11.8 Å². The van der Waals surface area contributed by atoms with Gasteiger partial charge in [0.05, 0.1) is 4.92 Å². The Morgan fingerprint density at radius 2 is 2.05 bits per heavy atom. The summed E-state index contributed by atoms with van der Waals surface area (Å²) in [5, 5.41) is 13.8. The van der Waals surface area contributed by atoms with Crippen LogP contribution in [0.5, 0.6) is 0 Å². The van der Waals surface area contributed by atoms with Crippen LogP contribution in [0.4, 0.5) is 23.0 Å². The van der Waals surface area contributed by atoms with Crippen molar-refractivity contribution in [1.82, 2.24) is 4.98 Å². The fourth-order valence-corrected chi connectivity index (χ4v) is 1.78. The molecule has 98 valence electrons. The van der Waals surface area contributed by atoms with E-state index in [1.807, 2.05) is 24.3 Å². The van der Waals surface area contributed by atoms with Gasteiger partial charge in [-0.3, -0.25) is 10.1 Å². The number of nitrogen functional groups attached to an aromatic ring is 1. The molecule has 0 saturated heterocycles. The average Bonchev–Trinajstić information content (AvgIpc) is 2.39. The molecular weight excluding hydrogens is 244 g/mol. The highest BCUT2D eigenvalue weighted by molar-refractivity contribution is 5.64. The Hall–Kier alpha value is -2.63. The number of benzene rings is 1. The average molecular weight is 258 g/mol. The molecule has 0 amide bonds. The van der Waals surface area contributed by atoms with E-state index in [4.69, 9.17) is 5.73 Å². The van der Waals surface area contributed by atoms with Crippen molar-refractivity contribution in [2.24, 2.45) is 0 Å². The van der Waals surface area contributed by atoms with Crippen molar-refractivity contribution in [2.75, 3.05) is 11.1 Å². The minimum atomic E-state index is -0.550. The number of pyridine rings is 1. The number of nitrogens with zero attached hydrogens (tertiary/aromatic N) is 2. The van der Waals surface area contributed by atoms with Crippen LogP contribution in [0.15, 0.2) is 36.4 Å². The maximum absolute atomic E-state index is 10.7. The van der Waals surface area contributed by atoms with Gasteiger partial charge in [-0.1, -0.05) is 25.1 Å². The first-order valence-electron chi connectivity index (χ1n) is 5.87. The van der Waals surface area contributed by atoms with Gasteiger partial charge in [-0.2, -0.15) is 0 Å². The number of para-hydroxylation sites is 1. The summed E-state index contributed by atoms with van der Waals surface area (Å²) < 4.78 is 0. The molecule has 1 aromatic heterocycles. The van der Waals surface area contributed by atoms with E-state index in [0.717, 1.165) is 17.7 Å². The van der Waals surface area contributed by atoms with Crippen LogP contribution >= 0.6 is 0 Å². The largest absolute Gasteiger partial charge is 0.378 e. The van der Waals surface area contributed by atoms with Crippen molar-refractivity contribution < 1.29 is 4.92 Å². The normalized spacial score (nSPS) is 10.2. The smallest absolute Gasteiger partial charge is 0.311 e. The first-order chi connectivity index (χ1) is 9.11. The number of rotatable bonds is 4. The van der Waals surface area contributed by atoms with Gasteiger partial charge in [-0.15, -0.1) is 0 Å². The molecule has 2 aromatic rings. The number of hydrogen-bond acceptors (Lipinski definition) is 5. The van der Waals surface area contributed by atoms with Crippen molar-refractivity contribution in [3.05, 3.63) is 52.1 Å². The Morgan fingerprint density at radius 3 is 2.68 bits per heavy atom. The van der Waals surface area contributed by atoms with Gasteiger partial charge in [-0.25, -0.2) is 4.98 Å². The standard InChI is InChI=1S/C13H14N4O2/c1-2-9-5-3-4-6-10(9)15-12-8-7-11(17(18)19)13(14)16-12/h3-8H,2H2,1H3,(H3,14,15,16). The van der Waals surface area contributed by atoms with Crippen molar-refractivity contribution in [2.45, 2.75) is 13.3 Å². The van der Waals surface area contributed by atoms with Crippen molar-refractivity contribution in [3.8, 4) is 0 Å². The van der Waals surface area contributed by atoms with E-state index in [1.165, 1.54) is 6.07 Å². The predicted molar refractivity (Wildman–Crippen MR) is 74.4 cm³/mol. The van der Waals surface area contributed by atoms with Crippen LogP contribution in [0, 0.1) is 10.1 Å². The molecule has 1 heterocycles. The zero-order valence-corrected chi connectivity index (χ0v) is 10.5. The summed E-state index contributed by atoms with van der Waals surface area (Å²) in [5.41, 5.74) is 7.43. The molecule has 0 spiro atoms. The van der Waals surface area contributed by atoms with Gasteiger partial charge in [0.15, 0.2) is 0 Å². The summed E-state index contributed by atoms with van der Waals surface area (Å²) in [6, 6.07) is 10.7. The molecule has 19 heavy (non-hydrogen) atoms. The Kier molecular flexibility index (Phi) is 3.61. The first kappa shape index (κ1) is 12.8. The zero-order chi connectivity index (χ0) is 13.8. The van der Waals surface area contributed by atoms with Crippen LogP contribution in [0.1, 0.15) is 12.5 Å². The summed E-state index contributed by atoms with van der Waals surface area (Å²) in [5.74, 6) is 0.396. The molecular formula is C13H14N4O2. The summed E-state index contributed by atoms with van der Waals surface area (Å²) in [6.07, 6.45) is 0.881. The molecule has 0 aliphatic carbocycles. The van der Waals surface area contributed by atoms with Crippen LogP contribution < -0.4 is 11.1 Å². The topological polar surface area (TPSA) is 94.1 Å². The third-order valence-electron chi connectivity index (χ3n) is 2.76. The lowest BCUT2D eigenvalue weighted by atomic mass is 10.1. The molecule has 0 aliphatic heterocycles. The molecule has 2 rings (SSSR count). The molecule has 6 nitrogen and oxygen atoms in total. The van der Waals surface area contributed by atoms with E-state index in [0.29, 0.717) is 5.82 Å². The van der Waals surface area contributed by atoms with Crippen LogP contribution in [-0.4, -0.2) is 9.91 Å². The highest BCUT2D eigenvalue weighted by atomic mass is 16.6. The number of nitro groups is 1. The number of nitrogens with one attached hydrogen (secondary N) is 1. The summed E-state index contributed by atoms with van der Waals surface area (Å²) in [7, 11) is 0. The number of hydrogen-bond donors (Lipinski definition) is 2. The molecule has 0 saturated carbocycles. The molecule has 0 unspecified atom stereocenters. The molecule has 0 atom stereocenters. The predicted octanol–water partition coefficient (Wildman–Crippen LogP) is 2.88. The third kappa shape index (κ3) is 2.79. The number of aryl methyl sites for hydroxylation is 1. The van der Waals surface area contributed by atoms with Gasteiger partial charge >= 0.3 is 5.69 Å². The van der Waals surface area contributed by atoms with Crippen LogP contribution in [0.2, 0.25) is 0 Å². The van der Waals surface area contributed by atoms with Gasteiger partial charge in [-0.05, 0) is 24.1 Å². The molecule has 0 aliphatic rings. The Bertz CT molecular complexity index is 613. The fraction of sp³-hybridized carbons (Fsp3) is 0.154. The summed E-state index contributed by atoms with van der Waals surface area (Å²) in [6.45, 7) is 2.05. The summed E-state index contributed by atoms with van der Waals surface area (Å²) in [4.78, 5) is 14.1. The Balaban J connectivity index is 2.29. The number of anilines is 3. The second-order valence-electron chi connectivity index (χ2n) is 3.99. The first-order valence-corrected chi connectivity index (χ1v) is 5.87. The third-order valence-corrected chi connectivity index (χ3v) is 2.76. The van der Waals surface area contributed by atoms with E-state index in [1.54, 1.807) is 6.07 Å². The lowest BCUT2D eigenvalue weighted by Crippen LogP contribution is -2.02. The van der Waals surface area contributed by atoms with E-state index in [9.17, 15) is 10.1 Å². The van der Waals surface area contributed by atoms with Gasteiger partial charge in [0.1, 0.15) is 5.82 Å². The zero-order valence-electron chi connectivity index (χ0n) is 10.5. The van der Waals surface area contributed by atoms with E-state index >= 15 is 0 Å². The maximum Gasteiger partial charge on any atom is 0.311 e. The van der Waals surface area contributed by atoms with Gasteiger partial charge in [0.25, 0.3) is 0 Å². The van der Waals surface area contributed by atoms with Crippen molar-refractivity contribution in [3.63, 3.8) is 0 Å². The van der Waals surface area contributed by atoms with Crippen LogP contribution in [0.25, 0.3) is 0 Å².